The number of aliphatic hydroxyl groups is 1. The highest BCUT2D eigenvalue weighted by molar-refractivity contribution is 5.96. The average Bonchev–Trinajstić information content (AvgIpc) is 3.31. The molecule has 0 aliphatic carbocycles. The second-order valence-electron chi connectivity index (χ2n) is 5.80. The number of hydrogen-bond donors (Lipinski definition) is 2. The number of para-hydroxylation sites is 1. The number of furan rings is 1. The Morgan fingerprint density at radius 2 is 2.19 bits per heavy atom. The van der Waals surface area contributed by atoms with Crippen molar-refractivity contribution in [1.82, 2.24) is 9.88 Å². The van der Waals surface area contributed by atoms with Crippen molar-refractivity contribution >= 4 is 22.9 Å². The van der Waals surface area contributed by atoms with E-state index >= 15 is 0 Å². The highest BCUT2D eigenvalue weighted by Crippen LogP contribution is 2.23. The minimum absolute atomic E-state index is 0.249. The van der Waals surface area contributed by atoms with Crippen LogP contribution in [0, 0.1) is 11.3 Å². The number of hydrogen-bond acceptors (Lipinski definition) is 4. The lowest BCUT2D eigenvalue weighted by atomic mass is 10.1. The molecule has 2 aromatic heterocycles. The fraction of sp³-hybridized carbons (Fsp3) is 0.200. The van der Waals surface area contributed by atoms with Gasteiger partial charge in [-0.1, -0.05) is 18.2 Å². The van der Waals surface area contributed by atoms with Gasteiger partial charge in [0, 0.05) is 35.3 Å². The first kappa shape index (κ1) is 17.5. The van der Waals surface area contributed by atoms with Crippen LogP contribution in [0.1, 0.15) is 23.8 Å². The molecule has 0 bridgehead atoms. The Morgan fingerprint density at radius 3 is 2.92 bits per heavy atom. The molecular weight excluding hydrogens is 330 g/mol. The van der Waals surface area contributed by atoms with Gasteiger partial charge in [-0.15, -0.1) is 0 Å². The Labute approximate surface area is 151 Å². The van der Waals surface area contributed by atoms with Crippen LogP contribution >= 0.6 is 0 Å². The predicted octanol–water partition coefficient (Wildman–Crippen LogP) is 3.01. The van der Waals surface area contributed by atoms with Crippen LogP contribution in [0.3, 0.4) is 0 Å². The zero-order chi connectivity index (χ0) is 18.4. The quantitative estimate of drug-likeness (QED) is 0.642. The summed E-state index contributed by atoms with van der Waals surface area (Å²) in [5.74, 6) is 0.177. The SMILES string of the molecule is N#CCCn1cc(/C=C/C(=O)NC(CO)c2ccco2)c2ccccc21. The molecule has 0 radical (unpaired) electrons. The number of benzene rings is 1. The van der Waals surface area contributed by atoms with Gasteiger partial charge in [0.1, 0.15) is 11.8 Å². The third-order valence-corrected chi connectivity index (χ3v) is 4.08. The zero-order valence-corrected chi connectivity index (χ0v) is 14.1. The van der Waals surface area contributed by atoms with Gasteiger partial charge in [0.05, 0.1) is 25.4 Å². The third kappa shape index (κ3) is 3.85. The number of carbonyl (C=O) groups is 1. The lowest BCUT2D eigenvalue weighted by molar-refractivity contribution is -0.117. The van der Waals surface area contributed by atoms with Crippen molar-refractivity contribution in [1.29, 1.82) is 5.26 Å². The van der Waals surface area contributed by atoms with Gasteiger partial charge >= 0.3 is 0 Å². The molecule has 0 fully saturated rings. The monoisotopic (exact) mass is 349 g/mol. The van der Waals surface area contributed by atoms with Gasteiger partial charge in [0.25, 0.3) is 0 Å². The maximum Gasteiger partial charge on any atom is 0.244 e. The summed E-state index contributed by atoms with van der Waals surface area (Å²) in [4.78, 5) is 12.2. The molecule has 0 spiro atoms. The molecule has 0 saturated carbocycles. The molecule has 1 amide bonds. The van der Waals surface area contributed by atoms with Crippen LogP contribution in [0.4, 0.5) is 0 Å². The number of aliphatic hydroxyl groups excluding tert-OH is 1. The van der Waals surface area contributed by atoms with Crippen LogP contribution in [0.5, 0.6) is 0 Å². The summed E-state index contributed by atoms with van der Waals surface area (Å²) in [5.41, 5.74) is 1.92. The molecule has 132 valence electrons. The van der Waals surface area contributed by atoms with E-state index in [0.29, 0.717) is 18.7 Å². The lowest BCUT2D eigenvalue weighted by Gasteiger charge is -2.11. The maximum absolute atomic E-state index is 12.2. The second kappa shape index (κ2) is 8.19. The average molecular weight is 349 g/mol. The summed E-state index contributed by atoms with van der Waals surface area (Å²) >= 11 is 0. The van der Waals surface area contributed by atoms with Crippen molar-refractivity contribution in [3.05, 3.63) is 66.3 Å². The molecule has 0 aliphatic rings. The third-order valence-electron chi connectivity index (χ3n) is 4.08. The number of fused-ring (bicyclic) bond motifs is 1. The number of nitriles is 1. The van der Waals surface area contributed by atoms with Crippen LogP contribution in [0.15, 0.2) is 59.4 Å². The largest absolute Gasteiger partial charge is 0.467 e. The van der Waals surface area contributed by atoms with Gasteiger partial charge in [0.2, 0.25) is 5.91 Å². The van der Waals surface area contributed by atoms with E-state index in [2.05, 4.69) is 11.4 Å². The molecule has 1 unspecified atom stereocenters. The molecule has 3 aromatic rings. The summed E-state index contributed by atoms with van der Waals surface area (Å²) in [5, 5.41) is 22.0. The number of nitrogens with zero attached hydrogens (tertiary/aromatic N) is 2. The zero-order valence-electron chi connectivity index (χ0n) is 14.1. The number of aromatic nitrogens is 1. The van der Waals surface area contributed by atoms with Crippen molar-refractivity contribution < 1.29 is 14.3 Å². The Bertz CT molecular complexity index is 949. The molecule has 1 atom stereocenters. The smallest absolute Gasteiger partial charge is 0.244 e. The van der Waals surface area contributed by atoms with Gasteiger partial charge in [-0.3, -0.25) is 4.79 Å². The number of nitrogens with one attached hydrogen (secondary N) is 1. The molecule has 0 saturated heterocycles. The van der Waals surface area contributed by atoms with E-state index in [1.54, 1.807) is 18.2 Å². The standard InChI is InChI=1S/C20H19N3O3/c21-10-4-11-23-13-15(16-5-1-2-6-18(16)23)8-9-20(25)22-17(14-24)19-7-3-12-26-19/h1-3,5-9,12-13,17,24H,4,11,14H2,(H,22,25)/b9-8+. The lowest BCUT2D eigenvalue weighted by Crippen LogP contribution is -2.28. The summed E-state index contributed by atoms with van der Waals surface area (Å²) in [6, 6.07) is 12.8. The van der Waals surface area contributed by atoms with Gasteiger partial charge < -0.3 is 19.4 Å². The van der Waals surface area contributed by atoms with E-state index in [-0.39, 0.29) is 12.5 Å². The molecule has 26 heavy (non-hydrogen) atoms. The Morgan fingerprint density at radius 1 is 1.35 bits per heavy atom. The predicted molar refractivity (Wildman–Crippen MR) is 97.9 cm³/mol. The van der Waals surface area contributed by atoms with Gasteiger partial charge in [-0.2, -0.15) is 5.26 Å². The van der Waals surface area contributed by atoms with E-state index < -0.39 is 6.04 Å². The minimum atomic E-state index is -0.584. The first-order valence-corrected chi connectivity index (χ1v) is 8.30. The van der Waals surface area contributed by atoms with Crippen molar-refractivity contribution in [2.45, 2.75) is 19.0 Å². The summed E-state index contributed by atoms with van der Waals surface area (Å²) in [7, 11) is 0. The number of carbonyl (C=O) groups excluding carboxylic acids is 1. The van der Waals surface area contributed by atoms with Gasteiger partial charge in [-0.25, -0.2) is 0 Å². The van der Waals surface area contributed by atoms with Gasteiger partial charge in [-0.05, 0) is 24.3 Å². The summed E-state index contributed by atoms with van der Waals surface area (Å²) in [6.45, 7) is 0.350. The summed E-state index contributed by atoms with van der Waals surface area (Å²) < 4.78 is 7.23. The van der Waals surface area contributed by atoms with Crippen molar-refractivity contribution in [2.24, 2.45) is 0 Å². The number of aryl methyl sites for hydroxylation is 1. The molecule has 2 heterocycles. The van der Waals surface area contributed by atoms with Crippen LogP contribution in [-0.2, 0) is 11.3 Å². The van der Waals surface area contributed by atoms with Crippen LogP contribution in [0.25, 0.3) is 17.0 Å². The molecule has 3 rings (SSSR count). The summed E-state index contributed by atoms with van der Waals surface area (Å²) in [6.07, 6.45) is 7.01. The van der Waals surface area contributed by atoms with E-state index in [9.17, 15) is 9.90 Å². The topological polar surface area (TPSA) is 91.2 Å². The number of rotatable bonds is 7. The fourth-order valence-electron chi connectivity index (χ4n) is 2.85. The Hall–Kier alpha value is -3.30. The Kier molecular flexibility index (Phi) is 5.52. The highest BCUT2D eigenvalue weighted by atomic mass is 16.3. The van der Waals surface area contributed by atoms with Crippen LogP contribution in [-0.4, -0.2) is 22.2 Å². The van der Waals surface area contributed by atoms with Crippen molar-refractivity contribution in [3.63, 3.8) is 0 Å². The molecule has 1 aromatic carbocycles. The minimum Gasteiger partial charge on any atom is -0.467 e. The fourth-order valence-corrected chi connectivity index (χ4v) is 2.85. The first-order chi connectivity index (χ1) is 12.7. The number of amides is 1. The van der Waals surface area contributed by atoms with Crippen molar-refractivity contribution in [3.8, 4) is 6.07 Å². The van der Waals surface area contributed by atoms with Crippen LogP contribution in [0.2, 0.25) is 0 Å². The maximum atomic E-state index is 12.2. The molecular formula is C20H19N3O3. The van der Waals surface area contributed by atoms with E-state index in [4.69, 9.17) is 9.68 Å². The van der Waals surface area contributed by atoms with E-state index in [1.165, 1.54) is 12.3 Å². The highest BCUT2D eigenvalue weighted by Gasteiger charge is 2.14. The van der Waals surface area contributed by atoms with Gasteiger partial charge in [0.15, 0.2) is 0 Å². The van der Waals surface area contributed by atoms with Crippen molar-refractivity contribution in [2.75, 3.05) is 6.61 Å². The molecule has 6 nitrogen and oxygen atoms in total. The second-order valence-corrected chi connectivity index (χ2v) is 5.80. The molecule has 6 heteroatoms. The normalized spacial score (nSPS) is 12.3. The molecule has 2 N–H and O–H groups in total. The Balaban J connectivity index is 1.77. The van der Waals surface area contributed by atoms with E-state index in [1.807, 2.05) is 35.0 Å². The first-order valence-electron chi connectivity index (χ1n) is 8.30. The van der Waals surface area contributed by atoms with Crippen LogP contribution < -0.4 is 5.32 Å². The molecule has 0 aliphatic heterocycles. The van der Waals surface area contributed by atoms with E-state index in [0.717, 1.165) is 16.5 Å².